The van der Waals surface area contributed by atoms with Crippen LogP contribution in [-0.2, 0) is 14.9 Å². The largest absolute Gasteiger partial charge is 0.379 e. The van der Waals surface area contributed by atoms with Gasteiger partial charge in [0.05, 0.1) is 11.0 Å². The molecule has 0 saturated heterocycles. The lowest BCUT2D eigenvalue weighted by Gasteiger charge is -2.19. The summed E-state index contributed by atoms with van der Waals surface area (Å²) in [6, 6.07) is 11.5. The number of imidazole rings is 1. The van der Waals surface area contributed by atoms with Gasteiger partial charge in [0.1, 0.15) is 10.6 Å². The molecule has 31 heavy (non-hydrogen) atoms. The highest BCUT2D eigenvalue weighted by molar-refractivity contribution is 7.87. The first kappa shape index (κ1) is 21.1. The summed E-state index contributed by atoms with van der Waals surface area (Å²) in [6.45, 7) is 1.62. The van der Waals surface area contributed by atoms with Gasteiger partial charge in [0.2, 0.25) is 12.4 Å². The lowest BCUT2D eigenvalue weighted by molar-refractivity contribution is -0.107. The number of benzene rings is 2. The summed E-state index contributed by atoms with van der Waals surface area (Å²) in [5, 5.41) is 3.08. The Morgan fingerprint density at radius 3 is 2.61 bits per heavy atom. The molecule has 3 aromatic rings. The third kappa shape index (κ3) is 4.64. The van der Waals surface area contributed by atoms with Crippen molar-refractivity contribution in [1.29, 1.82) is 0 Å². The summed E-state index contributed by atoms with van der Waals surface area (Å²) in [5.41, 5.74) is 2.13. The lowest BCUT2D eigenvalue weighted by atomic mass is 10.3. The predicted octanol–water partition coefficient (Wildman–Crippen LogP) is 2.11. The van der Waals surface area contributed by atoms with Crippen LogP contribution in [-0.4, -0.2) is 58.0 Å². The van der Waals surface area contributed by atoms with Crippen molar-refractivity contribution < 1.29 is 17.4 Å². The molecule has 1 aliphatic rings. The number of aromatic amines is 1. The first-order chi connectivity index (χ1) is 14.9. The summed E-state index contributed by atoms with van der Waals surface area (Å²) in [7, 11) is -0.168. The summed E-state index contributed by atoms with van der Waals surface area (Å²) in [6.07, 6.45) is 2.66. The summed E-state index contributed by atoms with van der Waals surface area (Å²) in [5.74, 6) is 0.607. The predicted molar refractivity (Wildman–Crippen MR) is 119 cm³/mol. The highest BCUT2D eigenvalue weighted by Gasteiger charge is 2.31. The molecule has 1 amide bonds. The van der Waals surface area contributed by atoms with Crippen molar-refractivity contribution in [2.75, 3.05) is 37.0 Å². The minimum absolute atomic E-state index is 0.0712. The van der Waals surface area contributed by atoms with E-state index in [1.165, 1.54) is 12.1 Å². The number of carbonyl (C=O) groups is 1. The maximum Gasteiger partial charge on any atom is 0.339 e. The van der Waals surface area contributed by atoms with Crippen molar-refractivity contribution in [2.24, 2.45) is 0 Å². The molecule has 0 aliphatic heterocycles. The smallest absolute Gasteiger partial charge is 0.339 e. The van der Waals surface area contributed by atoms with Crippen molar-refractivity contribution in [3.8, 4) is 5.75 Å². The van der Waals surface area contributed by atoms with Crippen LogP contribution in [0.5, 0.6) is 5.75 Å². The Bertz CT molecular complexity index is 1170. The van der Waals surface area contributed by atoms with Crippen LogP contribution in [0.1, 0.15) is 12.8 Å². The highest BCUT2D eigenvalue weighted by Crippen LogP contribution is 2.31. The number of amides is 1. The van der Waals surface area contributed by atoms with Crippen molar-refractivity contribution >= 4 is 39.2 Å². The van der Waals surface area contributed by atoms with Gasteiger partial charge in [-0.15, -0.1) is 0 Å². The van der Waals surface area contributed by atoms with Crippen molar-refractivity contribution in [1.82, 2.24) is 15.3 Å². The van der Waals surface area contributed by atoms with Gasteiger partial charge in [0.25, 0.3) is 0 Å². The fourth-order valence-electron chi connectivity index (χ4n) is 3.26. The molecule has 2 N–H and O–H groups in total. The second-order valence-electron chi connectivity index (χ2n) is 7.54. The van der Waals surface area contributed by atoms with E-state index in [-0.39, 0.29) is 16.7 Å². The quantitative estimate of drug-likeness (QED) is 0.365. The van der Waals surface area contributed by atoms with Crippen LogP contribution in [0.2, 0.25) is 0 Å². The van der Waals surface area contributed by atoms with E-state index in [4.69, 9.17) is 4.18 Å². The number of nitrogens with one attached hydrogen (secondary N) is 2. The van der Waals surface area contributed by atoms with Crippen LogP contribution in [0.15, 0.2) is 47.4 Å². The first-order valence-electron chi connectivity index (χ1n) is 10.0. The number of carbonyl (C=O) groups excluding carboxylic acids is 1. The fraction of sp³-hybridized carbons (Fsp3) is 0.333. The molecule has 9 nitrogen and oxygen atoms in total. The van der Waals surface area contributed by atoms with Gasteiger partial charge in [-0.2, -0.15) is 8.42 Å². The Balaban J connectivity index is 1.51. The number of aromatic nitrogens is 2. The highest BCUT2D eigenvalue weighted by atomic mass is 32.2. The third-order valence-corrected chi connectivity index (χ3v) is 6.47. The Labute approximate surface area is 181 Å². The summed E-state index contributed by atoms with van der Waals surface area (Å²) in [4.78, 5) is 22.5. The van der Waals surface area contributed by atoms with Gasteiger partial charge in [-0.1, -0.05) is 0 Å². The Hall–Kier alpha value is -3.11. The minimum atomic E-state index is -3.99. The third-order valence-electron chi connectivity index (χ3n) is 5.21. The Morgan fingerprint density at radius 1 is 1.23 bits per heavy atom. The molecule has 1 fully saturated rings. The molecule has 4 rings (SSSR count). The number of hydrogen-bond acceptors (Lipinski definition) is 7. The van der Waals surface area contributed by atoms with Crippen LogP contribution >= 0.6 is 0 Å². The van der Waals surface area contributed by atoms with E-state index in [0.29, 0.717) is 17.0 Å². The molecular formula is C21H25N5O4S. The van der Waals surface area contributed by atoms with Gasteiger partial charge >= 0.3 is 10.1 Å². The zero-order chi connectivity index (χ0) is 22.0. The van der Waals surface area contributed by atoms with Crippen LogP contribution in [0.4, 0.5) is 11.6 Å². The van der Waals surface area contributed by atoms with Crippen LogP contribution < -0.4 is 19.3 Å². The monoisotopic (exact) mass is 443 g/mol. The summed E-state index contributed by atoms with van der Waals surface area (Å²) >= 11 is 0. The molecule has 1 aromatic heterocycles. The lowest BCUT2D eigenvalue weighted by Crippen LogP contribution is -2.27. The first-order valence-corrected chi connectivity index (χ1v) is 11.5. The normalized spacial score (nSPS) is 13.9. The van der Waals surface area contributed by atoms with Crippen LogP contribution in [0.25, 0.3) is 11.0 Å². The number of likely N-dealkylation sites (N-methyl/N-ethyl adjacent to an activating group) is 2. The second kappa shape index (κ2) is 8.56. The van der Waals surface area contributed by atoms with E-state index in [9.17, 15) is 13.2 Å². The molecule has 10 heteroatoms. The van der Waals surface area contributed by atoms with E-state index in [0.717, 1.165) is 38.0 Å². The average Bonchev–Trinajstić information content (AvgIpc) is 3.51. The van der Waals surface area contributed by atoms with E-state index >= 15 is 0 Å². The minimum Gasteiger partial charge on any atom is -0.379 e. The maximum absolute atomic E-state index is 12.7. The van der Waals surface area contributed by atoms with Gasteiger partial charge in [0.15, 0.2) is 0 Å². The molecular weight excluding hydrogens is 418 g/mol. The standard InChI is InChI=1S/C21H25N5O4S/c1-22-11-12-25(2)15-5-8-18(9-6-15)31(28,29)30-17-7-10-19-20(13-17)24-21(23-19)26(14-27)16-3-4-16/h5-10,13-14,16,22H,3-4,11-12H2,1-2H3,(H,23,24). The zero-order valence-corrected chi connectivity index (χ0v) is 18.2. The summed E-state index contributed by atoms with van der Waals surface area (Å²) < 4.78 is 30.8. The number of fused-ring (bicyclic) bond motifs is 1. The van der Waals surface area contributed by atoms with Gasteiger partial charge in [-0.05, 0) is 56.3 Å². The average molecular weight is 444 g/mol. The molecule has 0 atom stereocenters. The SMILES string of the molecule is CNCCN(C)c1ccc(S(=O)(=O)Oc2ccc3[nH]c(N(C=O)C4CC4)nc3c2)cc1. The molecule has 0 bridgehead atoms. The fourth-order valence-corrected chi connectivity index (χ4v) is 4.18. The Kier molecular flexibility index (Phi) is 5.84. The molecule has 0 spiro atoms. The molecule has 1 aliphatic carbocycles. The maximum atomic E-state index is 12.7. The number of rotatable bonds is 10. The second-order valence-corrected chi connectivity index (χ2v) is 9.09. The number of H-pyrrole nitrogens is 1. The van der Waals surface area contributed by atoms with Gasteiger partial charge in [0, 0.05) is 37.9 Å². The van der Waals surface area contributed by atoms with Gasteiger partial charge < -0.3 is 19.4 Å². The number of nitrogens with zero attached hydrogens (tertiary/aromatic N) is 3. The molecule has 164 valence electrons. The van der Waals surface area contributed by atoms with Gasteiger partial charge in [-0.3, -0.25) is 9.69 Å². The molecule has 1 saturated carbocycles. The van der Waals surface area contributed by atoms with E-state index in [1.807, 2.05) is 19.0 Å². The number of anilines is 2. The van der Waals surface area contributed by atoms with E-state index < -0.39 is 10.1 Å². The van der Waals surface area contributed by atoms with Crippen molar-refractivity contribution in [2.45, 2.75) is 23.8 Å². The molecule has 1 heterocycles. The number of hydrogen-bond donors (Lipinski definition) is 2. The molecule has 2 aromatic carbocycles. The topological polar surface area (TPSA) is 108 Å². The van der Waals surface area contributed by atoms with Crippen molar-refractivity contribution in [3.05, 3.63) is 42.5 Å². The Morgan fingerprint density at radius 2 is 1.97 bits per heavy atom. The van der Waals surface area contributed by atoms with E-state index in [2.05, 4.69) is 15.3 Å². The van der Waals surface area contributed by atoms with Crippen molar-refractivity contribution in [3.63, 3.8) is 0 Å². The zero-order valence-electron chi connectivity index (χ0n) is 17.4. The van der Waals surface area contributed by atoms with Crippen LogP contribution in [0, 0.1) is 0 Å². The molecule has 0 unspecified atom stereocenters. The van der Waals surface area contributed by atoms with Crippen LogP contribution in [0.3, 0.4) is 0 Å². The van der Waals surface area contributed by atoms with E-state index in [1.54, 1.807) is 35.2 Å². The molecule has 0 radical (unpaired) electrons. The van der Waals surface area contributed by atoms with Gasteiger partial charge in [-0.25, -0.2) is 4.98 Å².